The Morgan fingerprint density at radius 1 is 1.06 bits per heavy atom. The average molecular weight is 485 g/mol. The van der Waals surface area contributed by atoms with Gasteiger partial charge in [0.15, 0.2) is 5.69 Å². The van der Waals surface area contributed by atoms with E-state index in [1.807, 2.05) is 59.5 Å². The predicted molar refractivity (Wildman–Crippen MR) is 135 cm³/mol. The minimum Gasteiger partial charge on any atom is -0.457 e. The predicted octanol–water partition coefficient (Wildman–Crippen LogP) is 3.09. The number of carbonyl (C=O) groups excluding carboxylic acids is 2. The van der Waals surface area contributed by atoms with Gasteiger partial charge in [0.25, 0.3) is 5.91 Å². The highest BCUT2D eigenvalue weighted by atomic mass is 16.5. The fourth-order valence-corrected chi connectivity index (χ4v) is 5.73. The van der Waals surface area contributed by atoms with Crippen molar-refractivity contribution in [3.05, 3.63) is 78.6 Å². The van der Waals surface area contributed by atoms with E-state index >= 15 is 0 Å². The molecule has 4 aliphatic rings. The van der Waals surface area contributed by atoms with Crippen molar-refractivity contribution in [3.63, 3.8) is 0 Å². The summed E-state index contributed by atoms with van der Waals surface area (Å²) < 4.78 is 7.53. The van der Waals surface area contributed by atoms with Crippen LogP contribution in [-0.2, 0) is 4.79 Å². The van der Waals surface area contributed by atoms with Crippen molar-refractivity contribution in [2.75, 3.05) is 25.0 Å². The van der Waals surface area contributed by atoms with E-state index < -0.39 is 5.91 Å². The van der Waals surface area contributed by atoms with Gasteiger partial charge in [-0.1, -0.05) is 24.8 Å². The summed E-state index contributed by atoms with van der Waals surface area (Å²) >= 11 is 0. The summed E-state index contributed by atoms with van der Waals surface area (Å²) in [4.78, 5) is 29.1. The molecule has 1 aromatic heterocycles. The van der Waals surface area contributed by atoms with E-state index in [9.17, 15) is 9.59 Å². The number of fused-ring (bicyclic) bond motifs is 3. The number of primary amides is 1. The summed E-state index contributed by atoms with van der Waals surface area (Å²) in [5.74, 6) is 0.898. The van der Waals surface area contributed by atoms with Gasteiger partial charge in [-0.25, -0.2) is 4.68 Å². The number of hydrogen-bond acceptors (Lipinski definition) is 6. The van der Waals surface area contributed by atoms with Gasteiger partial charge in [-0.05, 0) is 55.3 Å². The van der Waals surface area contributed by atoms with E-state index in [4.69, 9.17) is 15.6 Å². The van der Waals surface area contributed by atoms with Gasteiger partial charge in [-0.15, -0.1) is 0 Å². The van der Waals surface area contributed by atoms with Crippen LogP contribution in [0.15, 0.2) is 67.3 Å². The molecule has 3 aromatic rings. The van der Waals surface area contributed by atoms with E-state index in [1.54, 1.807) is 4.68 Å². The van der Waals surface area contributed by atoms with Gasteiger partial charge in [-0.2, -0.15) is 5.10 Å². The third kappa shape index (κ3) is 3.72. The van der Waals surface area contributed by atoms with E-state index in [2.05, 4.69) is 16.8 Å². The molecule has 9 nitrogen and oxygen atoms in total. The second-order valence-electron chi connectivity index (χ2n) is 9.47. The van der Waals surface area contributed by atoms with Crippen LogP contribution in [0.3, 0.4) is 0 Å². The minimum absolute atomic E-state index is 0.00174. The number of para-hydroxylation sites is 1. The molecule has 0 aliphatic carbocycles. The molecule has 0 radical (unpaired) electrons. The molecule has 3 saturated heterocycles. The highest BCUT2D eigenvalue weighted by Gasteiger charge is 2.49. The monoisotopic (exact) mass is 484 g/mol. The van der Waals surface area contributed by atoms with Crippen LogP contribution in [0.25, 0.3) is 5.69 Å². The molecular formula is C27H28N6O3. The number of carbonyl (C=O) groups is 2. The van der Waals surface area contributed by atoms with Gasteiger partial charge in [0.2, 0.25) is 5.91 Å². The zero-order chi connectivity index (χ0) is 24.8. The third-order valence-electron chi connectivity index (χ3n) is 7.33. The number of benzene rings is 2. The lowest BCUT2D eigenvalue weighted by atomic mass is 9.85. The SMILES string of the molecule is C=CC(=O)N1C2CC1CN([C@@H]1CCNc3c1nn(-c1ccc(Oc4ccccc4)cc1)c3C(N)=O)C2. The van der Waals surface area contributed by atoms with Crippen molar-refractivity contribution in [1.82, 2.24) is 19.6 Å². The van der Waals surface area contributed by atoms with Gasteiger partial charge in [0.05, 0.1) is 17.4 Å². The van der Waals surface area contributed by atoms with Crippen molar-refractivity contribution in [2.45, 2.75) is 31.0 Å². The maximum absolute atomic E-state index is 12.6. The molecule has 184 valence electrons. The molecule has 3 atom stereocenters. The zero-order valence-corrected chi connectivity index (χ0v) is 19.8. The molecule has 0 spiro atoms. The standard InChI is InChI=1S/C27H28N6O3/c1-2-23(34)32-18-14-19(32)16-31(15-18)22-12-13-29-25-24(22)30-33(26(25)27(28)35)17-8-10-21(11-9-17)36-20-6-4-3-5-7-20/h2-11,18-19,22,29H,1,12-16H2,(H2,28,35)/t18?,19?,22-/m1/s1. The van der Waals surface area contributed by atoms with Gasteiger partial charge in [0.1, 0.15) is 17.2 Å². The zero-order valence-electron chi connectivity index (χ0n) is 19.8. The van der Waals surface area contributed by atoms with Crippen molar-refractivity contribution in [3.8, 4) is 17.2 Å². The first-order chi connectivity index (χ1) is 17.5. The third-order valence-corrected chi connectivity index (χ3v) is 7.33. The maximum atomic E-state index is 12.6. The number of anilines is 1. The summed E-state index contributed by atoms with van der Waals surface area (Å²) in [7, 11) is 0. The van der Waals surface area contributed by atoms with Crippen molar-refractivity contribution in [1.29, 1.82) is 0 Å². The smallest absolute Gasteiger partial charge is 0.269 e. The molecule has 36 heavy (non-hydrogen) atoms. The molecule has 4 aliphatic heterocycles. The molecule has 3 N–H and O–H groups in total. The number of piperidine rings is 1. The lowest BCUT2D eigenvalue weighted by Crippen LogP contribution is -2.70. The number of piperazine rings is 1. The first kappa shape index (κ1) is 22.4. The number of aromatic nitrogens is 2. The number of nitrogens with zero attached hydrogens (tertiary/aromatic N) is 4. The van der Waals surface area contributed by atoms with Crippen LogP contribution in [0, 0.1) is 0 Å². The van der Waals surface area contributed by atoms with Gasteiger partial charge in [0, 0.05) is 31.7 Å². The quantitative estimate of drug-likeness (QED) is 0.521. The second-order valence-corrected chi connectivity index (χ2v) is 9.47. The van der Waals surface area contributed by atoms with Crippen LogP contribution in [-0.4, -0.2) is 63.1 Å². The van der Waals surface area contributed by atoms with Crippen molar-refractivity contribution in [2.24, 2.45) is 5.73 Å². The van der Waals surface area contributed by atoms with E-state index in [-0.39, 0.29) is 24.0 Å². The number of amides is 2. The van der Waals surface area contributed by atoms with Crippen LogP contribution >= 0.6 is 0 Å². The number of rotatable bonds is 6. The van der Waals surface area contributed by atoms with E-state index in [1.165, 1.54) is 6.08 Å². The molecule has 2 bridgehead atoms. The van der Waals surface area contributed by atoms with Crippen LogP contribution in [0.4, 0.5) is 5.69 Å². The first-order valence-corrected chi connectivity index (χ1v) is 12.2. The Morgan fingerprint density at radius 2 is 1.75 bits per heavy atom. The topological polar surface area (TPSA) is 106 Å². The Hall–Kier alpha value is -4.11. The molecule has 2 unspecified atom stereocenters. The summed E-state index contributed by atoms with van der Waals surface area (Å²) in [5, 5.41) is 8.26. The lowest BCUT2D eigenvalue weighted by molar-refractivity contribution is -0.150. The number of hydrogen-bond donors (Lipinski definition) is 2. The second kappa shape index (κ2) is 8.83. The minimum atomic E-state index is -0.536. The number of ether oxygens (including phenoxy) is 1. The highest BCUT2D eigenvalue weighted by molar-refractivity contribution is 5.98. The van der Waals surface area contributed by atoms with Crippen molar-refractivity contribution < 1.29 is 14.3 Å². The van der Waals surface area contributed by atoms with Crippen LogP contribution < -0.4 is 15.8 Å². The summed E-state index contributed by atoms with van der Waals surface area (Å²) in [6.45, 7) is 5.92. The molecular weight excluding hydrogens is 456 g/mol. The molecule has 2 amide bonds. The maximum Gasteiger partial charge on any atom is 0.269 e. The highest BCUT2D eigenvalue weighted by Crippen LogP contribution is 2.42. The Labute approximate surface area is 209 Å². The largest absolute Gasteiger partial charge is 0.457 e. The molecule has 5 heterocycles. The lowest BCUT2D eigenvalue weighted by Gasteiger charge is -2.57. The Kier molecular flexibility index (Phi) is 5.49. The van der Waals surface area contributed by atoms with Crippen LogP contribution in [0.5, 0.6) is 11.5 Å². The average Bonchev–Trinajstić information content (AvgIpc) is 3.30. The van der Waals surface area contributed by atoms with Gasteiger partial charge in [-0.3, -0.25) is 14.5 Å². The van der Waals surface area contributed by atoms with Crippen LogP contribution in [0.1, 0.15) is 35.1 Å². The molecule has 9 heteroatoms. The first-order valence-electron chi connectivity index (χ1n) is 12.2. The molecule has 0 saturated carbocycles. The summed E-state index contributed by atoms with van der Waals surface area (Å²) in [6, 6.07) is 17.4. The number of nitrogens with one attached hydrogen (secondary N) is 1. The van der Waals surface area contributed by atoms with E-state index in [0.29, 0.717) is 23.7 Å². The Balaban J connectivity index is 1.28. The molecule has 3 fully saturated rings. The van der Waals surface area contributed by atoms with Crippen LogP contribution in [0.2, 0.25) is 0 Å². The van der Waals surface area contributed by atoms with Gasteiger partial charge >= 0.3 is 0 Å². The van der Waals surface area contributed by atoms with E-state index in [0.717, 1.165) is 43.1 Å². The molecule has 7 rings (SSSR count). The fourth-order valence-electron chi connectivity index (χ4n) is 5.73. The van der Waals surface area contributed by atoms with Crippen molar-refractivity contribution >= 4 is 17.5 Å². The fraction of sp³-hybridized carbons (Fsp3) is 0.296. The summed E-state index contributed by atoms with van der Waals surface area (Å²) in [5.41, 5.74) is 8.43. The normalized spacial score (nSPS) is 22.7. The Bertz CT molecular complexity index is 1310. The number of nitrogens with two attached hydrogens (primary N) is 1. The molecule has 2 aromatic carbocycles. The summed E-state index contributed by atoms with van der Waals surface area (Å²) in [6.07, 6.45) is 3.28. The Morgan fingerprint density at radius 3 is 2.42 bits per heavy atom. The van der Waals surface area contributed by atoms with Gasteiger partial charge < -0.3 is 20.7 Å².